The van der Waals surface area contributed by atoms with Crippen molar-refractivity contribution in [3.05, 3.63) is 39.2 Å². The molecule has 0 aliphatic rings. The first-order valence-corrected chi connectivity index (χ1v) is 8.81. The zero-order valence-corrected chi connectivity index (χ0v) is 15.5. The number of nitrogens with zero attached hydrogens (tertiary/aromatic N) is 1. The lowest BCUT2D eigenvalue weighted by atomic mass is 9.77. The molecule has 1 aromatic rings. The Morgan fingerprint density at radius 1 is 1.24 bits per heavy atom. The smallest absolute Gasteiger partial charge is 0.280 e. The van der Waals surface area contributed by atoms with Crippen molar-refractivity contribution in [3.63, 3.8) is 0 Å². The summed E-state index contributed by atoms with van der Waals surface area (Å²) in [7, 11) is -1.81. The van der Waals surface area contributed by atoms with Crippen LogP contribution in [-0.2, 0) is 16.2 Å². The Hall–Kier alpha value is -1.48. The summed E-state index contributed by atoms with van der Waals surface area (Å²) in [5, 5.41) is 20.2. The first kappa shape index (κ1) is 21.6. The number of benzene rings is 1. The molecule has 0 saturated heterocycles. The molecule has 0 unspecified atom stereocenters. The molecule has 9 heteroatoms. The monoisotopic (exact) mass is 381 g/mol. The van der Waals surface area contributed by atoms with Crippen molar-refractivity contribution in [2.75, 3.05) is 12.4 Å². The fraction of sp³-hybridized carbons (Fsp3) is 0.625. The lowest BCUT2D eigenvalue weighted by Gasteiger charge is -2.38. The predicted octanol–water partition coefficient (Wildman–Crippen LogP) is 3.47. The minimum Gasteiger partial charge on any atom is -0.390 e. The number of halogens is 3. The molecule has 0 aliphatic heterocycles. The summed E-state index contributed by atoms with van der Waals surface area (Å²) in [6.45, 7) is 5.38. The maximum Gasteiger partial charge on any atom is 0.280 e. The minimum absolute atomic E-state index is 0.0159. The van der Waals surface area contributed by atoms with Gasteiger partial charge in [-0.2, -0.15) is 0 Å². The van der Waals surface area contributed by atoms with Crippen LogP contribution in [-0.4, -0.2) is 37.3 Å². The standard InChI is InChI=1S/C16H22F3NO4S/c1-10-6-12(17)11(7-13(10)20(22)23)15(5,16(18,19)8-21)9-25(24)14(2,3)4/h6-7,21H,8-9H2,1-5H3/t15-,25+/m1/s1. The molecule has 1 N–H and O–H groups in total. The summed E-state index contributed by atoms with van der Waals surface area (Å²) < 4.78 is 55.1. The Labute approximate surface area is 146 Å². The normalized spacial score (nSPS) is 16.4. The first-order valence-electron chi connectivity index (χ1n) is 7.49. The second-order valence-electron chi connectivity index (χ2n) is 7.17. The van der Waals surface area contributed by atoms with Gasteiger partial charge in [0.05, 0.1) is 10.3 Å². The van der Waals surface area contributed by atoms with Crippen LogP contribution in [0.3, 0.4) is 0 Å². The minimum atomic E-state index is -3.84. The van der Waals surface area contributed by atoms with Crippen molar-refractivity contribution in [3.8, 4) is 0 Å². The second-order valence-corrected chi connectivity index (χ2v) is 9.38. The van der Waals surface area contributed by atoms with Gasteiger partial charge in [0.15, 0.2) is 0 Å². The third-order valence-electron chi connectivity index (χ3n) is 4.19. The van der Waals surface area contributed by atoms with E-state index in [2.05, 4.69) is 0 Å². The molecule has 0 spiro atoms. The summed E-state index contributed by atoms with van der Waals surface area (Å²) in [4.78, 5) is 10.3. The van der Waals surface area contributed by atoms with Crippen molar-refractivity contribution in [2.45, 2.75) is 50.7 Å². The van der Waals surface area contributed by atoms with Crippen LogP contribution in [0.5, 0.6) is 0 Å². The zero-order chi connectivity index (χ0) is 19.8. The molecule has 0 amide bonds. The number of hydrogen-bond acceptors (Lipinski definition) is 4. The van der Waals surface area contributed by atoms with Gasteiger partial charge in [-0.1, -0.05) is 0 Å². The fourth-order valence-electron chi connectivity index (χ4n) is 2.31. The van der Waals surface area contributed by atoms with Gasteiger partial charge in [0.25, 0.3) is 11.6 Å². The van der Waals surface area contributed by atoms with E-state index in [0.717, 1.165) is 19.1 Å². The van der Waals surface area contributed by atoms with Crippen LogP contribution in [0.4, 0.5) is 18.9 Å². The van der Waals surface area contributed by atoms with Gasteiger partial charge in [-0.05, 0) is 40.7 Å². The Balaban J connectivity index is 3.67. The summed E-state index contributed by atoms with van der Waals surface area (Å²) >= 11 is 0. The number of nitro benzene ring substituents is 1. The molecule has 0 aliphatic carbocycles. The van der Waals surface area contributed by atoms with E-state index in [1.54, 1.807) is 20.8 Å². The highest BCUT2D eigenvalue weighted by Gasteiger charge is 2.54. The highest BCUT2D eigenvalue weighted by Crippen LogP contribution is 2.44. The lowest BCUT2D eigenvalue weighted by molar-refractivity contribution is -0.385. The Bertz CT molecular complexity index is 703. The summed E-state index contributed by atoms with van der Waals surface area (Å²) in [5.41, 5.74) is -3.56. The van der Waals surface area contributed by atoms with E-state index >= 15 is 0 Å². The Morgan fingerprint density at radius 2 is 1.76 bits per heavy atom. The van der Waals surface area contributed by atoms with Crippen molar-refractivity contribution in [2.24, 2.45) is 0 Å². The topological polar surface area (TPSA) is 80.4 Å². The van der Waals surface area contributed by atoms with E-state index in [4.69, 9.17) is 5.11 Å². The Morgan fingerprint density at radius 3 is 2.16 bits per heavy atom. The highest BCUT2D eigenvalue weighted by molar-refractivity contribution is 7.86. The number of alkyl halides is 2. The molecule has 0 heterocycles. The van der Waals surface area contributed by atoms with Crippen LogP contribution in [0.2, 0.25) is 0 Å². The number of aryl methyl sites for hydroxylation is 1. The van der Waals surface area contributed by atoms with Gasteiger partial charge in [-0.3, -0.25) is 14.3 Å². The summed E-state index contributed by atoms with van der Waals surface area (Å²) in [5.74, 6) is -5.57. The van der Waals surface area contributed by atoms with Crippen molar-refractivity contribution in [1.29, 1.82) is 0 Å². The van der Waals surface area contributed by atoms with Crippen LogP contribution < -0.4 is 0 Å². The van der Waals surface area contributed by atoms with Crippen LogP contribution in [0, 0.1) is 22.9 Å². The molecule has 1 rings (SSSR count). The molecular formula is C16H22F3NO4S. The molecule has 1 aromatic carbocycles. The van der Waals surface area contributed by atoms with E-state index in [0.29, 0.717) is 0 Å². The van der Waals surface area contributed by atoms with Crippen LogP contribution in [0.15, 0.2) is 12.1 Å². The molecule has 0 aromatic heterocycles. The summed E-state index contributed by atoms with van der Waals surface area (Å²) in [6.07, 6.45) is 0. The van der Waals surface area contributed by atoms with Gasteiger partial charge in [0.2, 0.25) is 0 Å². The maximum atomic E-state index is 14.5. The van der Waals surface area contributed by atoms with Gasteiger partial charge in [0, 0.05) is 38.5 Å². The number of aliphatic hydroxyl groups excluding tert-OH is 1. The largest absolute Gasteiger partial charge is 0.390 e. The third kappa shape index (κ3) is 4.20. The maximum absolute atomic E-state index is 14.5. The van der Waals surface area contributed by atoms with Crippen molar-refractivity contribution >= 4 is 16.5 Å². The van der Waals surface area contributed by atoms with E-state index in [1.165, 1.54) is 6.92 Å². The van der Waals surface area contributed by atoms with Crippen LogP contribution in [0.25, 0.3) is 0 Å². The first-order chi connectivity index (χ1) is 11.2. The highest BCUT2D eigenvalue weighted by atomic mass is 32.2. The van der Waals surface area contributed by atoms with E-state index in [1.807, 2.05) is 0 Å². The molecule has 2 atom stereocenters. The molecule has 25 heavy (non-hydrogen) atoms. The van der Waals surface area contributed by atoms with Gasteiger partial charge >= 0.3 is 0 Å². The Kier molecular flexibility index (Phi) is 6.06. The molecule has 5 nitrogen and oxygen atoms in total. The molecule has 0 radical (unpaired) electrons. The number of nitro groups is 1. The quantitative estimate of drug-likeness (QED) is 0.604. The van der Waals surface area contributed by atoms with Crippen molar-refractivity contribution < 1.29 is 27.4 Å². The summed E-state index contributed by atoms with van der Waals surface area (Å²) in [6, 6.07) is 1.55. The van der Waals surface area contributed by atoms with E-state index in [-0.39, 0.29) is 5.56 Å². The molecular weight excluding hydrogens is 359 g/mol. The fourth-order valence-corrected chi connectivity index (χ4v) is 3.64. The van der Waals surface area contributed by atoms with Gasteiger partial charge in [-0.25, -0.2) is 13.2 Å². The van der Waals surface area contributed by atoms with Gasteiger partial charge < -0.3 is 5.11 Å². The average Bonchev–Trinajstić information content (AvgIpc) is 2.45. The van der Waals surface area contributed by atoms with E-state index < -0.39 is 61.2 Å². The zero-order valence-electron chi connectivity index (χ0n) is 14.7. The van der Waals surface area contributed by atoms with Gasteiger partial charge in [0.1, 0.15) is 12.4 Å². The van der Waals surface area contributed by atoms with Crippen LogP contribution in [0.1, 0.15) is 38.8 Å². The molecule has 142 valence electrons. The SMILES string of the molecule is Cc1cc(F)c([C@@](C)(C[S@](=O)C(C)(C)C)C(F)(F)CO)cc1[N+](=O)[O-]. The predicted molar refractivity (Wildman–Crippen MR) is 89.9 cm³/mol. The molecule has 0 saturated carbocycles. The molecule has 0 bridgehead atoms. The second kappa shape index (κ2) is 7.03. The van der Waals surface area contributed by atoms with E-state index in [9.17, 15) is 27.5 Å². The lowest BCUT2D eigenvalue weighted by Crippen LogP contribution is -2.51. The van der Waals surface area contributed by atoms with Crippen LogP contribution >= 0.6 is 0 Å². The average molecular weight is 381 g/mol. The van der Waals surface area contributed by atoms with Crippen molar-refractivity contribution in [1.82, 2.24) is 0 Å². The van der Waals surface area contributed by atoms with Gasteiger partial charge in [-0.15, -0.1) is 0 Å². The molecule has 0 fully saturated rings. The number of hydrogen-bond donors (Lipinski definition) is 1. The number of aliphatic hydroxyl groups is 1. The number of rotatable bonds is 6. The third-order valence-corrected chi connectivity index (χ3v) is 6.39.